The Labute approximate surface area is 178 Å². The van der Waals surface area contributed by atoms with E-state index in [0.717, 1.165) is 38.5 Å². The maximum atomic E-state index is 13.6. The molecule has 3 amide bonds. The molecule has 1 spiro atoms. The van der Waals surface area contributed by atoms with Crippen LogP contribution in [0.25, 0.3) is 0 Å². The van der Waals surface area contributed by atoms with E-state index in [2.05, 4.69) is 10.6 Å². The van der Waals surface area contributed by atoms with Gasteiger partial charge in [0.05, 0.1) is 17.9 Å². The summed E-state index contributed by atoms with van der Waals surface area (Å²) in [4.78, 5) is 41.8. The SMILES string of the molecule is CC(C)CN1C(=O)[C@@H]2[C@H](C(=O)NC3CC3)[C@H]3C=C[C@@]2(O3)[C@@H]1C(=O)NC1CCCCC1. The lowest BCUT2D eigenvalue weighted by atomic mass is 9.74. The van der Waals surface area contributed by atoms with Crippen molar-refractivity contribution >= 4 is 17.7 Å². The zero-order valence-corrected chi connectivity index (χ0v) is 17.9. The fourth-order valence-corrected chi connectivity index (χ4v) is 5.91. The number of carbonyl (C=O) groups is 3. The van der Waals surface area contributed by atoms with Gasteiger partial charge in [-0.25, -0.2) is 0 Å². The standard InChI is InChI=1S/C23H33N3O4/c1-13(2)12-26-19(21(28)25-14-6-4-3-5-7-14)23-11-10-16(30-23)17(18(23)22(26)29)20(27)24-15-8-9-15/h10-11,13-19H,3-9,12H2,1-2H3,(H,24,27)(H,25,28)/t16-,17-,18+,19+,23+/m1/s1. The molecule has 30 heavy (non-hydrogen) atoms. The molecule has 5 rings (SSSR count). The molecule has 7 heteroatoms. The highest BCUT2D eigenvalue weighted by atomic mass is 16.5. The zero-order valence-electron chi connectivity index (χ0n) is 17.9. The molecule has 5 atom stereocenters. The molecule has 4 fully saturated rings. The molecule has 0 aromatic heterocycles. The largest absolute Gasteiger partial charge is 0.359 e. The molecule has 0 radical (unpaired) electrons. The fourth-order valence-electron chi connectivity index (χ4n) is 5.91. The van der Waals surface area contributed by atoms with Crippen LogP contribution in [0.3, 0.4) is 0 Å². The molecule has 3 heterocycles. The van der Waals surface area contributed by atoms with Crippen LogP contribution in [0.2, 0.25) is 0 Å². The van der Waals surface area contributed by atoms with Gasteiger partial charge in [0.25, 0.3) is 0 Å². The van der Waals surface area contributed by atoms with Crippen LogP contribution in [-0.2, 0) is 19.1 Å². The van der Waals surface area contributed by atoms with Crippen LogP contribution in [0.1, 0.15) is 58.8 Å². The van der Waals surface area contributed by atoms with E-state index in [1.165, 1.54) is 6.42 Å². The summed E-state index contributed by atoms with van der Waals surface area (Å²) in [7, 11) is 0. The summed E-state index contributed by atoms with van der Waals surface area (Å²) in [5.74, 6) is -1.31. The Morgan fingerprint density at radius 1 is 1.10 bits per heavy atom. The minimum Gasteiger partial charge on any atom is -0.359 e. The van der Waals surface area contributed by atoms with E-state index in [-0.39, 0.29) is 35.7 Å². The maximum absolute atomic E-state index is 13.6. The first-order valence-corrected chi connectivity index (χ1v) is 11.7. The van der Waals surface area contributed by atoms with Gasteiger partial charge in [0.2, 0.25) is 17.7 Å². The van der Waals surface area contributed by atoms with E-state index in [1.807, 2.05) is 26.0 Å². The number of likely N-dealkylation sites (tertiary alicyclic amines) is 1. The second-order valence-electron chi connectivity index (χ2n) is 10.2. The van der Waals surface area contributed by atoms with Gasteiger partial charge in [0.15, 0.2) is 0 Å². The van der Waals surface area contributed by atoms with Crippen LogP contribution in [-0.4, -0.2) is 59.0 Å². The minimum atomic E-state index is -1.03. The van der Waals surface area contributed by atoms with Crippen LogP contribution in [0, 0.1) is 17.8 Å². The Bertz CT molecular complexity index is 770. The van der Waals surface area contributed by atoms with Crippen LogP contribution in [0.5, 0.6) is 0 Å². The topological polar surface area (TPSA) is 87.7 Å². The second kappa shape index (κ2) is 7.36. The molecule has 2 aliphatic carbocycles. The first-order valence-electron chi connectivity index (χ1n) is 11.7. The van der Waals surface area contributed by atoms with Crippen LogP contribution >= 0.6 is 0 Å². The van der Waals surface area contributed by atoms with Gasteiger partial charge in [-0.1, -0.05) is 45.3 Å². The molecular weight excluding hydrogens is 382 g/mol. The fraction of sp³-hybridized carbons (Fsp3) is 0.783. The zero-order chi connectivity index (χ0) is 21.0. The number of fused-ring (bicyclic) bond motifs is 1. The van der Waals surface area contributed by atoms with E-state index in [9.17, 15) is 14.4 Å². The van der Waals surface area contributed by atoms with Crippen molar-refractivity contribution in [3.8, 4) is 0 Å². The van der Waals surface area contributed by atoms with Crippen LogP contribution in [0.4, 0.5) is 0 Å². The molecule has 2 saturated heterocycles. The number of nitrogens with zero attached hydrogens (tertiary/aromatic N) is 1. The van der Waals surface area contributed by atoms with E-state index in [0.29, 0.717) is 6.54 Å². The lowest BCUT2D eigenvalue weighted by molar-refractivity contribution is -0.142. The molecule has 3 aliphatic heterocycles. The quantitative estimate of drug-likeness (QED) is 0.644. The molecule has 5 aliphatic rings. The molecule has 0 aromatic carbocycles. The van der Waals surface area contributed by atoms with E-state index in [4.69, 9.17) is 4.74 Å². The second-order valence-corrected chi connectivity index (χ2v) is 10.2. The smallest absolute Gasteiger partial charge is 0.246 e. The normalized spacial score (nSPS) is 37.7. The van der Waals surface area contributed by atoms with Crippen molar-refractivity contribution in [2.24, 2.45) is 17.8 Å². The van der Waals surface area contributed by atoms with E-state index >= 15 is 0 Å². The number of hydrogen-bond acceptors (Lipinski definition) is 4. The third-order valence-electron chi connectivity index (χ3n) is 7.36. The molecule has 7 nitrogen and oxygen atoms in total. The van der Waals surface area contributed by atoms with Gasteiger partial charge in [-0.3, -0.25) is 14.4 Å². The number of amides is 3. The summed E-state index contributed by atoms with van der Waals surface area (Å²) in [6.07, 6.45) is 10.8. The lowest BCUT2D eigenvalue weighted by Gasteiger charge is -2.34. The number of carbonyl (C=O) groups excluding carboxylic acids is 3. The van der Waals surface area contributed by atoms with E-state index < -0.39 is 29.6 Å². The summed E-state index contributed by atoms with van der Waals surface area (Å²) in [5.41, 5.74) is -1.03. The number of ether oxygens (including phenoxy) is 1. The van der Waals surface area contributed by atoms with Crippen molar-refractivity contribution in [3.63, 3.8) is 0 Å². The Morgan fingerprint density at radius 3 is 2.43 bits per heavy atom. The highest BCUT2D eigenvalue weighted by Crippen LogP contribution is 2.55. The van der Waals surface area contributed by atoms with Crippen molar-refractivity contribution in [2.45, 2.75) is 88.6 Å². The lowest BCUT2D eigenvalue weighted by Crippen LogP contribution is -2.57. The van der Waals surface area contributed by atoms with Gasteiger partial charge in [0, 0.05) is 18.6 Å². The minimum absolute atomic E-state index is 0.107. The maximum Gasteiger partial charge on any atom is 0.246 e. The highest BCUT2D eigenvalue weighted by molar-refractivity contribution is 6.00. The summed E-state index contributed by atoms with van der Waals surface area (Å²) in [6.45, 7) is 4.57. The van der Waals surface area contributed by atoms with Crippen molar-refractivity contribution in [1.82, 2.24) is 15.5 Å². The third-order valence-corrected chi connectivity index (χ3v) is 7.36. The highest BCUT2D eigenvalue weighted by Gasteiger charge is 2.72. The van der Waals surface area contributed by atoms with Gasteiger partial charge in [-0.15, -0.1) is 0 Å². The number of rotatable bonds is 6. The predicted octanol–water partition coefficient (Wildman–Crippen LogP) is 1.52. The Morgan fingerprint density at radius 2 is 1.77 bits per heavy atom. The first-order chi connectivity index (χ1) is 14.4. The average molecular weight is 416 g/mol. The van der Waals surface area contributed by atoms with Crippen LogP contribution < -0.4 is 10.6 Å². The van der Waals surface area contributed by atoms with E-state index in [1.54, 1.807) is 4.90 Å². The summed E-state index contributed by atoms with van der Waals surface area (Å²) < 4.78 is 6.33. The summed E-state index contributed by atoms with van der Waals surface area (Å²) in [5, 5.41) is 6.27. The molecule has 2 bridgehead atoms. The number of hydrogen-bond donors (Lipinski definition) is 2. The van der Waals surface area contributed by atoms with Gasteiger partial charge in [0.1, 0.15) is 11.6 Å². The molecular formula is C23H33N3O4. The first kappa shape index (κ1) is 20.0. The molecule has 164 valence electrons. The van der Waals surface area contributed by atoms with Gasteiger partial charge < -0.3 is 20.3 Å². The predicted molar refractivity (Wildman–Crippen MR) is 110 cm³/mol. The van der Waals surface area contributed by atoms with Crippen LogP contribution in [0.15, 0.2) is 12.2 Å². The van der Waals surface area contributed by atoms with Gasteiger partial charge in [-0.2, -0.15) is 0 Å². The van der Waals surface area contributed by atoms with Crippen molar-refractivity contribution in [2.75, 3.05) is 6.54 Å². The molecule has 2 N–H and O–H groups in total. The summed E-state index contributed by atoms with van der Waals surface area (Å²) >= 11 is 0. The monoisotopic (exact) mass is 415 g/mol. The summed E-state index contributed by atoms with van der Waals surface area (Å²) in [6, 6.07) is -0.321. The Kier molecular flexibility index (Phi) is 4.92. The Hall–Kier alpha value is -1.89. The number of nitrogens with one attached hydrogen (secondary N) is 2. The van der Waals surface area contributed by atoms with Gasteiger partial charge in [-0.05, 0) is 31.6 Å². The molecule has 0 unspecified atom stereocenters. The Balaban J connectivity index is 1.44. The third kappa shape index (κ3) is 3.17. The van der Waals surface area contributed by atoms with Crippen molar-refractivity contribution < 1.29 is 19.1 Å². The van der Waals surface area contributed by atoms with Crippen molar-refractivity contribution in [3.05, 3.63) is 12.2 Å². The average Bonchev–Trinajstić information content (AvgIpc) is 3.25. The molecule has 2 saturated carbocycles. The van der Waals surface area contributed by atoms with Gasteiger partial charge >= 0.3 is 0 Å². The molecule has 0 aromatic rings. The van der Waals surface area contributed by atoms with Crippen molar-refractivity contribution in [1.29, 1.82) is 0 Å².